The smallest absolute Gasteiger partial charge is 0.462 e. The molecule has 0 saturated carbocycles. The summed E-state index contributed by atoms with van der Waals surface area (Å²) in [5.74, 6) is -1.24. The number of rotatable bonds is 82. The van der Waals surface area contributed by atoms with Crippen LogP contribution in [-0.4, -0.2) is 96.7 Å². The molecule has 0 bridgehead atoms. The first-order chi connectivity index (χ1) is 49.1. The van der Waals surface area contributed by atoms with E-state index in [-0.39, 0.29) is 25.7 Å². The highest BCUT2D eigenvalue weighted by molar-refractivity contribution is 7.47. The Kier molecular flexibility index (Phi) is 73.5. The molecular formula is C82H160O17P2. The zero-order chi connectivity index (χ0) is 74.1. The number of unbranched alkanes of at least 4 members (excludes halogenated alkanes) is 53. The van der Waals surface area contributed by atoms with Gasteiger partial charge in [-0.05, 0) is 31.6 Å². The van der Waals surface area contributed by atoms with Crippen LogP contribution in [0, 0.1) is 5.92 Å². The van der Waals surface area contributed by atoms with Crippen LogP contribution in [-0.2, 0) is 65.4 Å². The van der Waals surface area contributed by atoms with Crippen molar-refractivity contribution in [3.05, 3.63) is 0 Å². The number of carbonyl (C=O) groups is 4. The van der Waals surface area contributed by atoms with Crippen molar-refractivity contribution in [1.29, 1.82) is 0 Å². The van der Waals surface area contributed by atoms with E-state index in [0.29, 0.717) is 25.7 Å². The fourth-order valence-corrected chi connectivity index (χ4v) is 14.3. The summed E-state index contributed by atoms with van der Waals surface area (Å²) < 4.78 is 68.7. The van der Waals surface area contributed by atoms with E-state index < -0.39 is 97.5 Å². The Bertz CT molecular complexity index is 1930. The number of hydrogen-bond acceptors (Lipinski definition) is 15. The molecule has 0 aromatic carbocycles. The lowest BCUT2D eigenvalue weighted by Crippen LogP contribution is -2.30. The van der Waals surface area contributed by atoms with Crippen LogP contribution in [0.2, 0.25) is 0 Å². The topological polar surface area (TPSA) is 237 Å². The monoisotopic (exact) mass is 1480 g/mol. The number of hydrogen-bond donors (Lipinski definition) is 3. The summed E-state index contributed by atoms with van der Waals surface area (Å²) in [6.45, 7) is 7.38. The van der Waals surface area contributed by atoms with Gasteiger partial charge in [0.2, 0.25) is 0 Å². The lowest BCUT2D eigenvalue weighted by atomic mass is 9.99. The summed E-state index contributed by atoms with van der Waals surface area (Å²) in [5.41, 5.74) is 0. The Morgan fingerprint density at radius 3 is 0.703 bits per heavy atom. The minimum absolute atomic E-state index is 0.108. The van der Waals surface area contributed by atoms with Gasteiger partial charge in [0.15, 0.2) is 12.2 Å². The fourth-order valence-electron chi connectivity index (χ4n) is 12.7. The van der Waals surface area contributed by atoms with E-state index in [0.717, 1.165) is 102 Å². The molecular weight excluding hydrogens is 1320 g/mol. The van der Waals surface area contributed by atoms with Gasteiger partial charge >= 0.3 is 39.5 Å². The van der Waals surface area contributed by atoms with Crippen LogP contribution in [0.4, 0.5) is 0 Å². The molecule has 3 unspecified atom stereocenters. The molecule has 0 aromatic rings. The van der Waals surface area contributed by atoms with Crippen molar-refractivity contribution in [2.45, 2.75) is 457 Å². The summed E-state index contributed by atoms with van der Waals surface area (Å²) >= 11 is 0. The Morgan fingerprint density at radius 1 is 0.277 bits per heavy atom. The molecule has 0 aromatic heterocycles. The van der Waals surface area contributed by atoms with Gasteiger partial charge in [-0.15, -0.1) is 0 Å². The first-order valence-corrected chi connectivity index (χ1v) is 45.7. The molecule has 0 amide bonds. The van der Waals surface area contributed by atoms with Crippen molar-refractivity contribution in [1.82, 2.24) is 0 Å². The van der Waals surface area contributed by atoms with Crippen LogP contribution in [0.25, 0.3) is 0 Å². The highest BCUT2D eigenvalue weighted by Gasteiger charge is 2.30. The molecule has 0 saturated heterocycles. The predicted octanol–water partition coefficient (Wildman–Crippen LogP) is 24.8. The SMILES string of the molecule is CCCCCCCCCCCCCCCCCCCC(=O)OC[C@H](COP(=O)(O)OC[C@@H](O)COP(=O)(O)OC[C@@H](COC(=O)CCCCCCCCCC)OC(=O)CCCCCCCCCCCCCCCC)OC(=O)CCCCCCCCCCCCCCCCCCCCC(C)CC. The standard InChI is InChI=1S/C82H160O17P2/c1-6-10-13-16-19-22-24-26-28-31-35-39-42-46-51-56-61-66-80(85)93-72-78(99-82(87)68-63-58-53-48-44-40-36-33-30-29-32-34-37-41-45-49-54-59-64-75(5)9-4)74-97-101(90,91)95-70-76(83)69-94-100(88,89)96-73-77(71-92-79(84)65-60-55-50-21-18-15-12-8-3)98-81(86)67-62-57-52-47-43-38-27-25-23-20-17-14-11-7-2/h75-78,83H,6-74H2,1-5H3,(H,88,89)(H,90,91)/t75?,76-,77+,78+/m0/s1. The minimum Gasteiger partial charge on any atom is -0.462 e. The number of aliphatic hydroxyl groups excluding tert-OH is 1. The van der Waals surface area contributed by atoms with Crippen molar-refractivity contribution in [3.8, 4) is 0 Å². The van der Waals surface area contributed by atoms with Gasteiger partial charge < -0.3 is 33.8 Å². The second-order valence-corrected chi connectivity index (χ2v) is 32.7. The molecule has 0 aliphatic rings. The van der Waals surface area contributed by atoms with Crippen LogP contribution in [0.15, 0.2) is 0 Å². The molecule has 101 heavy (non-hydrogen) atoms. The van der Waals surface area contributed by atoms with Gasteiger partial charge in [-0.3, -0.25) is 37.3 Å². The molecule has 3 N–H and O–H groups in total. The van der Waals surface area contributed by atoms with E-state index in [9.17, 15) is 43.2 Å². The van der Waals surface area contributed by atoms with Crippen molar-refractivity contribution in [2.24, 2.45) is 5.92 Å². The van der Waals surface area contributed by atoms with Gasteiger partial charge in [-0.25, -0.2) is 9.13 Å². The molecule has 6 atom stereocenters. The van der Waals surface area contributed by atoms with E-state index in [1.165, 1.54) is 257 Å². The molecule has 17 nitrogen and oxygen atoms in total. The van der Waals surface area contributed by atoms with Crippen LogP contribution in [0.1, 0.15) is 439 Å². The van der Waals surface area contributed by atoms with E-state index >= 15 is 0 Å². The summed E-state index contributed by atoms with van der Waals surface area (Å²) in [6.07, 6.45) is 66.6. The van der Waals surface area contributed by atoms with Crippen molar-refractivity contribution < 1.29 is 80.2 Å². The van der Waals surface area contributed by atoms with Crippen LogP contribution < -0.4 is 0 Å². The average Bonchev–Trinajstić information content (AvgIpc) is 0.946. The molecule has 0 aliphatic heterocycles. The van der Waals surface area contributed by atoms with Gasteiger partial charge in [-0.2, -0.15) is 0 Å². The number of phosphoric acid groups is 2. The van der Waals surface area contributed by atoms with Gasteiger partial charge in [0.1, 0.15) is 19.3 Å². The Balaban J connectivity index is 5.18. The minimum atomic E-state index is -4.96. The lowest BCUT2D eigenvalue weighted by molar-refractivity contribution is -0.161. The molecule has 0 radical (unpaired) electrons. The molecule has 0 aliphatic carbocycles. The number of aliphatic hydroxyl groups is 1. The summed E-state index contributed by atoms with van der Waals surface area (Å²) in [4.78, 5) is 72.9. The van der Waals surface area contributed by atoms with Crippen LogP contribution >= 0.6 is 15.6 Å². The molecule has 0 rings (SSSR count). The van der Waals surface area contributed by atoms with Gasteiger partial charge in [-0.1, -0.05) is 388 Å². The maximum atomic E-state index is 13.1. The maximum absolute atomic E-state index is 13.1. The summed E-state index contributed by atoms with van der Waals surface area (Å²) in [7, 11) is -9.91. The third kappa shape index (κ3) is 74.7. The molecule has 600 valence electrons. The largest absolute Gasteiger partial charge is 0.472 e. The maximum Gasteiger partial charge on any atom is 0.472 e. The van der Waals surface area contributed by atoms with Crippen molar-refractivity contribution in [2.75, 3.05) is 39.6 Å². The summed E-state index contributed by atoms with van der Waals surface area (Å²) in [6, 6.07) is 0. The molecule has 19 heteroatoms. The Morgan fingerprint density at radius 2 is 0.475 bits per heavy atom. The number of esters is 4. The predicted molar refractivity (Wildman–Crippen MR) is 414 cm³/mol. The third-order valence-electron chi connectivity index (χ3n) is 19.6. The lowest BCUT2D eigenvalue weighted by Gasteiger charge is -2.21. The van der Waals surface area contributed by atoms with E-state index in [1.807, 2.05) is 0 Å². The van der Waals surface area contributed by atoms with Crippen molar-refractivity contribution >= 4 is 39.5 Å². The highest BCUT2D eigenvalue weighted by atomic mass is 31.2. The van der Waals surface area contributed by atoms with Gasteiger partial charge in [0, 0.05) is 25.7 Å². The van der Waals surface area contributed by atoms with E-state index in [2.05, 4.69) is 34.6 Å². The van der Waals surface area contributed by atoms with Gasteiger partial charge in [0.25, 0.3) is 0 Å². The number of ether oxygens (including phenoxy) is 4. The zero-order valence-electron chi connectivity index (χ0n) is 66.1. The molecule has 0 heterocycles. The summed E-state index contributed by atoms with van der Waals surface area (Å²) in [5, 5.41) is 10.6. The normalized spacial score (nSPS) is 14.1. The van der Waals surface area contributed by atoms with Crippen LogP contribution in [0.5, 0.6) is 0 Å². The van der Waals surface area contributed by atoms with Crippen LogP contribution in [0.3, 0.4) is 0 Å². The Labute approximate surface area is 619 Å². The molecule has 0 fully saturated rings. The number of carbonyl (C=O) groups excluding carboxylic acids is 4. The first-order valence-electron chi connectivity index (χ1n) is 42.7. The highest BCUT2D eigenvalue weighted by Crippen LogP contribution is 2.45. The Hall–Kier alpha value is -1.94. The van der Waals surface area contributed by atoms with E-state index in [1.54, 1.807) is 0 Å². The average molecular weight is 1480 g/mol. The quantitative estimate of drug-likeness (QED) is 0.0222. The second-order valence-electron chi connectivity index (χ2n) is 29.8. The van der Waals surface area contributed by atoms with Crippen molar-refractivity contribution in [3.63, 3.8) is 0 Å². The second kappa shape index (κ2) is 74.9. The first kappa shape index (κ1) is 99.1. The van der Waals surface area contributed by atoms with Gasteiger partial charge in [0.05, 0.1) is 26.4 Å². The third-order valence-corrected chi connectivity index (χ3v) is 21.5. The van der Waals surface area contributed by atoms with E-state index in [4.69, 9.17) is 37.0 Å². The number of phosphoric ester groups is 2. The fraction of sp³-hybridized carbons (Fsp3) is 0.951. The zero-order valence-corrected chi connectivity index (χ0v) is 67.8. The molecule has 0 spiro atoms.